The predicted molar refractivity (Wildman–Crippen MR) is 142 cm³/mol. The second kappa shape index (κ2) is 36.6. The third-order valence-electron chi connectivity index (χ3n) is 4.06. The first-order valence-corrected chi connectivity index (χ1v) is 13.0. The Balaban J connectivity index is -0.0000000930. The van der Waals surface area contributed by atoms with E-state index >= 15 is 0 Å². The number of nitrogens with one attached hydrogen (secondary N) is 2. The normalized spacial score (nSPS) is 12.0. The Morgan fingerprint density at radius 1 is 0.833 bits per heavy atom. The predicted octanol–water partition coefficient (Wildman–Crippen LogP) is 7.52. The van der Waals surface area contributed by atoms with Crippen LogP contribution in [0.4, 0.5) is 0 Å². The summed E-state index contributed by atoms with van der Waals surface area (Å²) in [7, 11) is 1.73. The molecule has 0 saturated heterocycles. The van der Waals surface area contributed by atoms with Gasteiger partial charge in [0.15, 0.2) is 0 Å². The fourth-order valence-electron chi connectivity index (χ4n) is 2.41. The van der Waals surface area contributed by atoms with E-state index in [0.717, 1.165) is 12.8 Å². The first kappa shape index (κ1) is 44.0. The summed E-state index contributed by atoms with van der Waals surface area (Å²) in [4.78, 5) is 10.9. The molecule has 0 aliphatic carbocycles. The zero-order chi connectivity index (χ0) is 21.5. The van der Waals surface area contributed by atoms with Crippen LogP contribution in [0.5, 0.6) is 0 Å². The maximum atomic E-state index is 10.9. The molecule has 0 bridgehead atoms. The zero-order valence-corrected chi connectivity index (χ0v) is 22.5. The standard InChI is InChI=1S/C12H25N2O2.2C5H12.3CH4.Sn/c1-6-9(2)14-12(16-5)8-7-10(3)13-11(4)15;2*1-3-5-4-2;;;;/h9-10,12,14H,1,6-8H2,2-5H3,(H,13,15);2*3-5H2,1-2H3;3*1H4;. The van der Waals surface area contributed by atoms with Gasteiger partial charge in [-0.25, -0.2) is 0 Å². The van der Waals surface area contributed by atoms with Gasteiger partial charge in [0.1, 0.15) is 0 Å². The van der Waals surface area contributed by atoms with Gasteiger partial charge in [0, 0.05) is 0 Å². The molecular weight excluding hydrogens is 479 g/mol. The van der Waals surface area contributed by atoms with Crippen molar-refractivity contribution in [3.8, 4) is 0 Å². The molecule has 0 fully saturated rings. The van der Waals surface area contributed by atoms with Crippen molar-refractivity contribution in [2.24, 2.45) is 0 Å². The van der Waals surface area contributed by atoms with Crippen LogP contribution >= 0.6 is 0 Å². The molecule has 0 heterocycles. The van der Waals surface area contributed by atoms with Crippen LogP contribution in [0.25, 0.3) is 0 Å². The molecule has 3 atom stereocenters. The number of amides is 1. The van der Waals surface area contributed by atoms with E-state index in [1.807, 2.05) is 6.92 Å². The Morgan fingerprint density at radius 3 is 1.53 bits per heavy atom. The van der Waals surface area contributed by atoms with Crippen molar-refractivity contribution in [2.75, 3.05) is 7.11 Å². The van der Waals surface area contributed by atoms with Gasteiger partial charge in [-0.1, -0.05) is 88.5 Å². The molecule has 0 aromatic carbocycles. The van der Waals surface area contributed by atoms with Crippen LogP contribution in [0.3, 0.4) is 0 Å². The summed E-state index contributed by atoms with van der Waals surface area (Å²) in [5.41, 5.74) is 0. The fourth-order valence-corrected chi connectivity index (χ4v) is 3.65. The zero-order valence-electron chi connectivity index (χ0n) is 19.6. The number of unbranched alkanes of at least 4 members (excludes halogenated alkanes) is 4. The summed E-state index contributed by atoms with van der Waals surface area (Å²) in [6, 6.07) is 0.702. The number of hydrogen-bond acceptors (Lipinski definition) is 3. The van der Waals surface area contributed by atoms with Gasteiger partial charge in [0.2, 0.25) is 0 Å². The molecule has 0 aromatic heterocycles. The van der Waals surface area contributed by atoms with Crippen LogP contribution in [0.2, 0.25) is 4.44 Å². The molecule has 0 aromatic rings. The number of hydrogen-bond donors (Lipinski definition) is 2. The Morgan fingerprint density at radius 2 is 1.27 bits per heavy atom. The topological polar surface area (TPSA) is 50.4 Å². The van der Waals surface area contributed by atoms with E-state index in [1.165, 1.54) is 49.4 Å². The molecule has 3 radical (unpaired) electrons. The van der Waals surface area contributed by atoms with Gasteiger partial charge < -0.3 is 0 Å². The average Bonchev–Trinajstić information content (AvgIpc) is 2.60. The summed E-state index contributed by atoms with van der Waals surface area (Å²) in [6.07, 6.45) is 11.3. The van der Waals surface area contributed by atoms with E-state index in [2.05, 4.69) is 45.3 Å². The number of carbonyl (C=O) groups is 1. The number of ether oxygens (including phenoxy) is 1. The Hall–Kier alpha value is 0.189. The quantitative estimate of drug-likeness (QED) is 0.188. The fraction of sp³-hybridized carbons (Fsp3) is 0.960. The van der Waals surface area contributed by atoms with E-state index in [1.54, 1.807) is 36.6 Å². The summed E-state index contributed by atoms with van der Waals surface area (Å²) in [6.45, 7) is 14.6. The van der Waals surface area contributed by atoms with Gasteiger partial charge in [-0.15, -0.1) is 0 Å². The molecule has 0 aliphatic rings. The Labute approximate surface area is 206 Å². The second-order valence-corrected chi connectivity index (χ2v) is 8.64. The molecule has 0 spiro atoms. The van der Waals surface area contributed by atoms with Gasteiger partial charge >= 0.3 is 118 Å². The van der Waals surface area contributed by atoms with Crippen LogP contribution < -0.4 is 10.6 Å². The number of methoxy groups -OCH3 is 1. The van der Waals surface area contributed by atoms with Crippen LogP contribution in [-0.4, -0.2) is 53.9 Å². The van der Waals surface area contributed by atoms with E-state index < -0.39 is 0 Å². The van der Waals surface area contributed by atoms with Crippen LogP contribution in [0.15, 0.2) is 0 Å². The molecule has 5 heteroatoms. The number of carbonyl (C=O) groups excluding carboxylic acids is 1. The van der Waals surface area contributed by atoms with Crippen molar-refractivity contribution in [1.82, 2.24) is 10.6 Å². The summed E-state index contributed by atoms with van der Waals surface area (Å²) < 4.78 is 6.67. The molecule has 0 aliphatic heterocycles. The SMILES string of the molecule is C.C.C.CCCCC.CCCCC.COC(CCC(C)NC(C)=O)NC(C)C[CH2][Sn]. The first-order valence-electron chi connectivity index (χ1n) is 11.0. The van der Waals surface area contributed by atoms with Gasteiger partial charge in [0.05, 0.1) is 0 Å². The van der Waals surface area contributed by atoms with E-state index in [-0.39, 0.29) is 40.5 Å². The summed E-state index contributed by atoms with van der Waals surface area (Å²) in [5, 5.41) is 6.34. The van der Waals surface area contributed by atoms with Crippen LogP contribution in [-0.2, 0) is 9.53 Å². The first-order chi connectivity index (χ1) is 12.8. The molecule has 0 rings (SSSR count). The van der Waals surface area contributed by atoms with Gasteiger partial charge in [-0.2, -0.15) is 0 Å². The van der Waals surface area contributed by atoms with Crippen molar-refractivity contribution < 1.29 is 9.53 Å². The summed E-state index contributed by atoms with van der Waals surface area (Å²) in [5.74, 6) is 0.0296. The molecule has 2 N–H and O–H groups in total. The van der Waals surface area contributed by atoms with Crippen molar-refractivity contribution in [3.63, 3.8) is 0 Å². The van der Waals surface area contributed by atoms with Crippen molar-refractivity contribution >= 4 is 28.4 Å². The van der Waals surface area contributed by atoms with Gasteiger partial charge in [0.25, 0.3) is 0 Å². The monoisotopic (exact) mass is 541 g/mol. The minimum absolute atomic E-state index is 0. The third kappa shape index (κ3) is 42.3. The van der Waals surface area contributed by atoms with Crippen molar-refractivity contribution in [3.05, 3.63) is 0 Å². The van der Waals surface area contributed by atoms with Gasteiger partial charge in [-0.05, 0) is 0 Å². The summed E-state index contributed by atoms with van der Waals surface area (Å²) >= 11 is 1.58. The number of rotatable bonds is 13. The van der Waals surface area contributed by atoms with E-state index in [9.17, 15) is 4.79 Å². The van der Waals surface area contributed by atoms with Crippen LogP contribution in [0, 0.1) is 0 Å². The van der Waals surface area contributed by atoms with Crippen LogP contribution in [0.1, 0.15) is 129 Å². The maximum absolute atomic E-state index is 10.9. The molecule has 0 saturated carbocycles. The van der Waals surface area contributed by atoms with E-state index in [4.69, 9.17) is 4.74 Å². The average molecular weight is 540 g/mol. The van der Waals surface area contributed by atoms with Gasteiger partial charge in [-0.3, -0.25) is 0 Å². The molecule has 30 heavy (non-hydrogen) atoms. The second-order valence-electron chi connectivity index (χ2n) is 7.22. The minimum atomic E-state index is 0. The molecule has 3 unspecified atom stereocenters. The molecular formula is C25H61N2O2Sn. The Kier molecular flexibility index (Phi) is 53.6. The third-order valence-corrected chi connectivity index (χ3v) is 4.88. The van der Waals surface area contributed by atoms with E-state index in [0.29, 0.717) is 6.04 Å². The van der Waals surface area contributed by atoms with Crippen molar-refractivity contribution in [2.45, 2.75) is 151 Å². The molecule has 4 nitrogen and oxygen atoms in total. The van der Waals surface area contributed by atoms with Crippen molar-refractivity contribution in [1.29, 1.82) is 0 Å². The molecule has 187 valence electrons. The Bertz CT molecular complexity index is 282. The molecule has 1 amide bonds.